The van der Waals surface area contributed by atoms with Crippen molar-refractivity contribution in [3.05, 3.63) is 151 Å². The zero-order chi connectivity index (χ0) is 28.5. The first-order chi connectivity index (χ1) is 20.8. The van der Waals surface area contributed by atoms with Gasteiger partial charge in [-0.05, 0) is 90.7 Å². The summed E-state index contributed by atoms with van der Waals surface area (Å²) in [6, 6.07) is 30.7. The topological polar surface area (TPSA) is 61.7 Å². The number of pyridine rings is 2. The Morgan fingerprint density at radius 3 is 1.95 bits per heavy atom. The van der Waals surface area contributed by atoms with Crippen LogP contribution < -0.4 is 5.73 Å². The Hall–Kier alpha value is -5.42. The van der Waals surface area contributed by atoms with Gasteiger partial charge in [0.1, 0.15) is 0 Å². The summed E-state index contributed by atoms with van der Waals surface area (Å²) in [6.45, 7) is 3.14. The average molecular weight is 546 g/mol. The summed E-state index contributed by atoms with van der Waals surface area (Å²) in [5.74, 6) is 0. The monoisotopic (exact) mass is 545 g/mol. The van der Waals surface area contributed by atoms with Crippen molar-refractivity contribution in [1.82, 2.24) is 19.1 Å². The Kier molecular flexibility index (Phi) is 6.61. The van der Waals surface area contributed by atoms with Gasteiger partial charge in [0.25, 0.3) is 0 Å². The number of benzene rings is 3. The van der Waals surface area contributed by atoms with Crippen LogP contribution in [-0.4, -0.2) is 19.1 Å². The summed E-state index contributed by atoms with van der Waals surface area (Å²) >= 11 is 0. The molecule has 0 spiro atoms. The summed E-state index contributed by atoms with van der Waals surface area (Å²) < 4.78 is 4.66. The summed E-state index contributed by atoms with van der Waals surface area (Å²) in [5.41, 5.74) is 15.8. The second-order valence-corrected chi connectivity index (χ2v) is 10.5. The van der Waals surface area contributed by atoms with Crippen LogP contribution in [0.25, 0.3) is 50.2 Å². The first-order valence-corrected chi connectivity index (χ1v) is 14.2. The number of para-hydroxylation sites is 1. The molecule has 7 aromatic rings. The molecule has 4 aromatic heterocycles. The molecule has 0 saturated heterocycles. The maximum absolute atomic E-state index is 4.61. The fourth-order valence-electron chi connectivity index (χ4n) is 6.22. The van der Waals surface area contributed by atoms with E-state index in [-0.39, 0.29) is 0 Å². The van der Waals surface area contributed by atoms with Crippen molar-refractivity contribution in [2.75, 3.05) is 0 Å². The van der Waals surface area contributed by atoms with Gasteiger partial charge in [-0.15, -0.1) is 0 Å². The third kappa shape index (κ3) is 4.36. The lowest BCUT2D eigenvalue weighted by Crippen LogP contribution is -2.00. The zero-order valence-corrected chi connectivity index (χ0v) is 23.3. The fourth-order valence-corrected chi connectivity index (χ4v) is 6.22. The average Bonchev–Trinajstić information content (AvgIpc) is 3.56. The highest BCUT2D eigenvalue weighted by Crippen LogP contribution is 2.34. The van der Waals surface area contributed by atoms with E-state index in [1.165, 1.54) is 61.5 Å². The number of aryl methyl sites for hydroxylation is 1. The molecule has 2 N–H and O–H groups in total. The van der Waals surface area contributed by atoms with E-state index >= 15 is 0 Å². The van der Waals surface area contributed by atoms with Gasteiger partial charge in [-0.1, -0.05) is 55.1 Å². The molecule has 0 aliphatic heterocycles. The summed E-state index contributed by atoms with van der Waals surface area (Å²) in [6.07, 6.45) is 16.6. The molecule has 0 atom stereocenters. The Balaban J connectivity index is 0.000000923. The largest absolute Gasteiger partial charge is 0.405 e. The minimum atomic E-state index is 0.890. The van der Waals surface area contributed by atoms with E-state index in [0.717, 1.165) is 30.5 Å². The van der Waals surface area contributed by atoms with E-state index in [4.69, 9.17) is 0 Å². The minimum Gasteiger partial charge on any atom is -0.405 e. The Morgan fingerprint density at radius 2 is 1.26 bits per heavy atom. The van der Waals surface area contributed by atoms with Gasteiger partial charge in [0.05, 0.1) is 28.9 Å². The van der Waals surface area contributed by atoms with Crippen LogP contribution in [0.1, 0.15) is 28.8 Å². The van der Waals surface area contributed by atoms with Crippen LogP contribution in [0.3, 0.4) is 0 Å². The molecule has 5 nitrogen and oxygen atoms in total. The van der Waals surface area contributed by atoms with E-state index in [9.17, 15) is 0 Å². The quantitative estimate of drug-likeness (QED) is 0.243. The van der Waals surface area contributed by atoms with Crippen molar-refractivity contribution >= 4 is 38.8 Å². The molecule has 0 fully saturated rings. The summed E-state index contributed by atoms with van der Waals surface area (Å²) in [5, 5.41) is 3.79. The number of hydrogen-bond acceptors (Lipinski definition) is 3. The molecule has 0 unspecified atom stereocenters. The molecule has 3 aromatic carbocycles. The summed E-state index contributed by atoms with van der Waals surface area (Å²) in [7, 11) is 0. The Bertz CT molecular complexity index is 2020. The number of rotatable bonds is 4. The highest BCUT2D eigenvalue weighted by Gasteiger charge is 2.18. The Morgan fingerprint density at radius 1 is 0.690 bits per heavy atom. The molecule has 8 rings (SSSR count). The molecule has 0 saturated carbocycles. The van der Waals surface area contributed by atoms with E-state index in [1.807, 2.05) is 24.8 Å². The SMILES string of the molecule is C1=Cc2c(c3ccncc3n2-c2ccc(Cc3ccc(-n4c5ccccc5c5ccncc54)cc3)cc2)CC1.C=CN. The highest BCUT2D eigenvalue weighted by atomic mass is 15.0. The van der Waals surface area contributed by atoms with Gasteiger partial charge in [-0.3, -0.25) is 9.97 Å². The second-order valence-electron chi connectivity index (χ2n) is 10.5. The van der Waals surface area contributed by atoms with Crippen LogP contribution in [0, 0.1) is 0 Å². The van der Waals surface area contributed by atoms with E-state index < -0.39 is 0 Å². The zero-order valence-electron chi connectivity index (χ0n) is 23.3. The minimum absolute atomic E-state index is 0.890. The van der Waals surface area contributed by atoms with Crippen molar-refractivity contribution in [2.45, 2.75) is 19.3 Å². The standard InChI is InChI=1S/C35H26N4.C2H5N/c1-3-7-32-28(5-1)30-17-19-36-22-34(30)38(32)26-13-9-24(10-14-26)21-25-11-15-27(16-12-25)39-33-8-4-2-6-29(33)31-18-20-37-23-35(31)39;1-2-3/h1,3-5,7-20,22-23H,2,6,21H2;2H,1,3H2. The number of allylic oxidation sites excluding steroid dienone is 1. The van der Waals surface area contributed by atoms with Gasteiger partial charge in [0.15, 0.2) is 0 Å². The van der Waals surface area contributed by atoms with Crippen LogP contribution >= 0.6 is 0 Å². The second kappa shape index (κ2) is 10.9. The fraction of sp³-hybridized carbons (Fsp3) is 0.0811. The molecule has 42 heavy (non-hydrogen) atoms. The predicted octanol–water partition coefficient (Wildman–Crippen LogP) is 8.16. The van der Waals surface area contributed by atoms with Crippen molar-refractivity contribution < 1.29 is 0 Å². The van der Waals surface area contributed by atoms with E-state index in [2.05, 4.69) is 128 Å². The molecule has 0 amide bonds. The van der Waals surface area contributed by atoms with Crippen LogP contribution in [0.5, 0.6) is 0 Å². The van der Waals surface area contributed by atoms with Gasteiger partial charge in [-0.25, -0.2) is 0 Å². The predicted molar refractivity (Wildman–Crippen MR) is 174 cm³/mol. The molecular formula is C37H31N5. The number of nitrogens with two attached hydrogens (primary N) is 1. The first kappa shape index (κ1) is 25.5. The maximum Gasteiger partial charge on any atom is 0.0724 e. The molecule has 1 aliphatic rings. The normalized spacial score (nSPS) is 12.3. The van der Waals surface area contributed by atoms with Crippen LogP contribution in [0.2, 0.25) is 0 Å². The van der Waals surface area contributed by atoms with Crippen LogP contribution in [0.15, 0.2) is 129 Å². The highest BCUT2D eigenvalue weighted by molar-refractivity contribution is 6.08. The third-order valence-corrected chi connectivity index (χ3v) is 8.03. The van der Waals surface area contributed by atoms with Gasteiger partial charge in [0.2, 0.25) is 0 Å². The van der Waals surface area contributed by atoms with E-state index in [1.54, 1.807) is 0 Å². The van der Waals surface area contributed by atoms with Crippen molar-refractivity contribution in [1.29, 1.82) is 0 Å². The molecule has 5 heteroatoms. The molecule has 0 radical (unpaired) electrons. The van der Waals surface area contributed by atoms with E-state index in [0.29, 0.717) is 0 Å². The van der Waals surface area contributed by atoms with Crippen molar-refractivity contribution in [2.24, 2.45) is 5.73 Å². The molecule has 1 aliphatic carbocycles. The number of hydrogen-bond donors (Lipinski definition) is 1. The lowest BCUT2D eigenvalue weighted by molar-refractivity contribution is 0.967. The molecule has 4 heterocycles. The third-order valence-electron chi connectivity index (χ3n) is 8.03. The van der Waals surface area contributed by atoms with Gasteiger partial charge in [-0.2, -0.15) is 0 Å². The lowest BCUT2D eigenvalue weighted by Gasteiger charge is -2.13. The number of aromatic nitrogens is 4. The summed E-state index contributed by atoms with van der Waals surface area (Å²) in [4.78, 5) is 8.83. The van der Waals surface area contributed by atoms with Gasteiger partial charge >= 0.3 is 0 Å². The van der Waals surface area contributed by atoms with Crippen LogP contribution in [0.4, 0.5) is 0 Å². The van der Waals surface area contributed by atoms with Crippen LogP contribution in [-0.2, 0) is 12.8 Å². The van der Waals surface area contributed by atoms with Gasteiger partial charge in [0, 0.05) is 45.6 Å². The maximum atomic E-state index is 4.61. The van der Waals surface area contributed by atoms with Crippen molar-refractivity contribution in [3.8, 4) is 11.4 Å². The lowest BCUT2D eigenvalue weighted by atomic mass is 10.0. The molecular weight excluding hydrogens is 514 g/mol. The van der Waals surface area contributed by atoms with Gasteiger partial charge < -0.3 is 14.9 Å². The molecule has 0 bridgehead atoms. The number of nitrogens with zero attached hydrogens (tertiary/aromatic N) is 4. The molecule has 204 valence electrons. The van der Waals surface area contributed by atoms with Crippen molar-refractivity contribution in [3.63, 3.8) is 0 Å². The Labute approximate surface area is 244 Å². The smallest absolute Gasteiger partial charge is 0.0724 e. The number of fused-ring (bicyclic) bond motifs is 6. The first-order valence-electron chi connectivity index (χ1n) is 14.2.